The summed E-state index contributed by atoms with van der Waals surface area (Å²) in [6.45, 7) is 1.07. The molecule has 0 aromatic carbocycles. The molecular weight excluding hydrogens is 340 g/mol. The maximum Gasteiger partial charge on any atom is 0.307 e. The largest absolute Gasteiger partial charge is 0.456 e. The zero-order valence-corrected chi connectivity index (χ0v) is 14.3. The average Bonchev–Trinajstić information content (AvgIpc) is 3.08. The third kappa shape index (κ3) is 5.60. The van der Waals surface area contributed by atoms with Gasteiger partial charge in [0.1, 0.15) is 4.21 Å². The van der Waals surface area contributed by atoms with Gasteiger partial charge in [-0.25, -0.2) is 13.1 Å². The number of hydrogen-bond acceptors (Lipinski definition) is 6. The molecule has 1 N–H and O–H groups in total. The lowest BCUT2D eigenvalue weighted by Crippen LogP contribution is -2.38. The van der Waals surface area contributed by atoms with E-state index in [9.17, 15) is 18.0 Å². The van der Waals surface area contributed by atoms with Crippen LogP contribution >= 0.6 is 11.3 Å². The van der Waals surface area contributed by atoms with E-state index in [1.54, 1.807) is 16.3 Å². The van der Waals surface area contributed by atoms with Crippen LogP contribution in [0.5, 0.6) is 0 Å². The number of esters is 1. The van der Waals surface area contributed by atoms with Crippen LogP contribution in [0.1, 0.15) is 25.7 Å². The molecule has 23 heavy (non-hydrogen) atoms. The van der Waals surface area contributed by atoms with Crippen LogP contribution in [0, 0.1) is 0 Å². The second-order valence-electron chi connectivity index (χ2n) is 5.18. The third-order valence-electron chi connectivity index (χ3n) is 3.45. The Morgan fingerprint density at radius 2 is 2.00 bits per heavy atom. The Balaban J connectivity index is 1.66. The van der Waals surface area contributed by atoms with Crippen molar-refractivity contribution >= 4 is 33.2 Å². The predicted octanol–water partition coefficient (Wildman–Crippen LogP) is 0.972. The molecule has 1 aromatic rings. The molecule has 0 bridgehead atoms. The smallest absolute Gasteiger partial charge is 0.307 e. The standard InChI is InChI=1S/C14H20N2O5S2/c17-12(16-8-2-1-3-9-16)11-21-13(18)6-7-15-23(19,20)14-5-4-10-22-14/h4-5,10,15H,1-3,6-9,11H2. The van der Waals surface area contributed by atoms with E-state index >= 15 is 0 Å². The molecule has 0 unspecified atom stereocenters. The average molecular weight is 360 g/mol. The van der Waals surface area contributed by atoms with Crippen molar-refractivity contribution in [1.29, 1.82) is 0 Å². The fourth-order valence-electron chi connectivity index (χ4n) is 2.22. The number of ether oxygens (including phenoxy) is 1. The molecular formula is C14H20N2O5S2. The SMILES string of the molecule is O=C(CCNS(=O)(=O)c1cccs1)OCC(=O)N1CCCCC1. The van der Waals surface area contributed by atoms with Gasteiger partial charge >= 0.3 is 5.97 Å². The lowest BCUT2D eigenvalue weighted by molar-refractivity contribution is -0.152. The highest BCUT2D eigenvalue weighted by Gasteiger charge is 2.19. The van der Waals surface area contributed by atoms with Crippen molar-refractivity contribution in [1.82, 2.24) is 9.62 Å². The van der Waals surface area contributed by atoms with Gasteiger partial charge in [0.15, 0.2) is 6.61 Å². The van der Waals surface area contributed by atoms with Crippen LogP contribution < -0.4 is 4.72 Å². The van der Waals surface area contributed by atoms with Gasteiger partial charge in [-0.2, -0.15) is 0 Å². The zero-order chi connectivity index (χ0) is 16.7. The first-order chi connectivity index (χ1) is 11.0. The first-order valence-corrected chi connectivity index (χ1v) is 9.82. The zero-order valence-electron chi connectivity index (χ0n) is 12.7. The number of thiophene rings is 1. The minimum atomic E-state index is -3.58. The Labute approximate surface area is 139 Å². The summed E-state index contributed by atoms with van der Waals surface area (Å²) >= 11 is 1.10. The summed E-state index contributed by atoms with van der Waals surface area (Å²) in [4.78, 5) is 25.1. The molecule has 1 aliphatic rings. The Bertz CT molecular complexity index is 622. The van der Waals surface area contributed by atoms with Gasteiger partial charge in [-0.15, -0.1) is 11.3 Å². The number of sulfonamides is 1. The van der Waals surface area contributed by atoms with Crippen molar-refractivity contribution < 1.29 is 22.7 Å². The van der Waals surface area contributed by atoms with Crippen molar-refractivity contribution in [2.75, 3.05) is 26.2 Å². The van der Waals surface area contributed by atoms with E-state index in [2.05, 4.69) is 4.72 Å². The quantitative estimate of drug-likeness (QED) is 0.732. The molecule has 0 radical (unpaired) electrons. The number of nitrogens with zero attached hydrogens (tertiary/aromatic N) is 1. The van der Waals surface area contributed by atoms with Crippen LogP contribution in [0.3, 0.4) is 0 Å². The molecule has 1 amide bonds. The van der Waals surface area contributed by atoms with E-state index in [0.29, 0.717) is 13.1 Å². The molecule has 9 heteroatoms. The fourth-order valence-corrected chi connectivity index (χ4v) is 4.29. The number of piperidine rings is 1. The molecule has 1 saturated heterocycles. The lowest BCUT2D eigenvalue weighted by atomic mass is 10.1. The van der Waals surface area contributed by atoms with Gasteiger partial charge in [0, 0.05) is 19.6 Å². The van der Waals surface area contributed by atoms with E-state index in [0.717, 1.165) is 30.6 Å². The normalized spacial score (nSPS) is 15.4. The van der Waals surface area contributed by atoms with Crippen molar-refractivity contribution in [2.24, 2.45) is 0 Å². The highest BCUT2D eigenvalue weighted by molar-refractivity contribution is 7.91. The van der Waals surface area contributed by atoms with E-state index in [1.807, 2.05) is 0 Å². The maximum atomic E-state index is 11.8. The van der Waals surface area contributed by atoms with Gasteiger partial charge in [0.2, 0.25) is 10.0 Å². The summed E-state index contributed by atoms with van der Waals surface area (Å²) in [5.74, 6) is -0.790. The number of amides is 1. The van der Waals surface area contributed by atoms with E-state index < -0.39 is 16.0 Å². The van der Waals surface area contributed by atoms with Gasteiger partial charge in [0.05, 0.1) is 6.42 Å². The highest BCUT2D eigenvalue weighted by Crippen LogP contribution is 2.15. The first kappa shape index (κ1) is 17.9. The Hall–Kier alpha value is -1.45. The molecule has 2 rings (SSSR count). The minimum absolute atomic E-state index is 0.0586. The highest BCUT2D eigenvalue weighted by atomic mass is 32.2. The second-order valence-corrected chi connectivity index (χ2v) is 8.12. The molecule has 1 fully saturated rings. The van der Waals surface area contributed by atoms with Crippen LogP contribution in [0.25, 0.3) is 0 Å². The summed E-state index contributed by atoms with van der Waals surface area (Å²) in [5.41, 5.74) is 0. The molecule has 1 aliphatic heterocycles. The predicted molar refractivity (Wildman–Crippen MR) is 85.5 cm³/mol. The maximum absolute atomic E-state index is 11.8. The number of carbonyl (C=O) groups excluding carboxylic acids is 2. The molecule has 0 atom stereocenters. The third-order valence-corrected chi connectivity index (χ3v) is 6.31. The Morgan fingerprint density at radius 3 is 2.65 bits per heavy atom. The summed E-state index contributed by atoms with van der Waals surface area (Å²) in [7, 11) is -3.58. The van der Waals surface area contributed by atoms with Gasteiger partial charge < -0.3 is 9.64 Å². The molecule has 0 saturated carbocycles. The van der Waals surface area contributed by atoms with E-state index in [1.165, 1.54) is 6.07 Å². The van der Waals surface area contributed by atoms with E-state index in [-0.39, 0.29) is 29.7 Å². The topological polar surface area (TPSA) is 92.8 Å². The Kier molecular flexibility index (Phi) is 6.55. The number of likely N-dealkylation sites (tertiary alicyclic amines) is 1. The van der Waals surface area contributed by atoms with Gasteiger partial charge in [-0.05, 0) is 30.7 Å². The molecule has 0 aliphatic carbocycles. The summed E-state index contributed by atoms with van der Waals surface area (Å²) in [6.07, 6.45) is 2.96. The van der Waals surface area contributed by atoms with Crippen molar-refractivity contribution in [3.05, 3.63) is 17.5 Å². The molecule has 2 heterocycles. The fraction of sp³-hybridized carbons (Fsp3) is 0.571. The number of nitrogens with one attached hydrogen (secondary N) is 1. The second kappa shape index (κ2) is 8.42. The van der Waals surface area contributed by atoms with Crippen LogP contribution in [-0.4, -0.2) is 51.4 Å². The summed E-state index contributed by atoms with van der Waals surface area (Å²) in [6, 6.07) is 3.13. The first-order valence-electron chi connectivity index (χ1n) is 7.45. The van der Waals surface area contributed by atoms with Gasteiger partial charge in [0.25, 0.3) is 5.91 Å². The monoisotopic (exact) mass is 360 g/mol. The molecule has 128 valence electrons. The van der Waals surface area contributed by atoms with Crippen molar-refractivity contribution in [2.45, 2.75) is 29.9 Å². The number of hydrogen-bond donors (Lipinski definition) is 1. The van der Waals surface area contributed by atoms with Crippen LogP contribution in [-0.2, 0) is 24.3 Å². The summed E-state index contributed by atoms with van der Waals surface area (Å²) < 4.78 is 31.1. The van der Waals surface area contributed by atoms with E-state index in [4.69, 9.17) is 4.74 Å². The van der Waals surface area contributed by atoms with Crippen LogP contribution in [0.4, 0.5) is 0 Å². The number of carbonyl (C=O) groups is 2. The van der Waals surface area contributed by atoms with Crippen molar-refractivity contribution in [3.8, 4) is 0 Å². The van der Waals surface area contributed by atoms with Gasteiger partial charge in [-0.1, -0.05) is 6.07 Å². The van der Waals surface area contributed by atoms with Crippen LogP contribution in [0.2, 0.25) is 0 Å². The lowest BCUT2D eigenvalue weighted by Gasteiger charge is -2.26. The van der Waals surface area contributed by atoms with Gasteiger partial charge in [-0.3, -0.25) is 9.59 Å². The summed E-state index contributed by atoms with van der Waals surface area (Å²) in [5, 5.41) is 1.66. The van der Waals surface area contributed by atoms with Crippen molar-refractivity contribution in [3.63, 3.8) is 0 Å². The Morgan fingerprint density at radius 1 is 1.26 bits per heavy atom. The molecule has 0 spiro atoms. The molecule has 7 nitrogen and oxygen atoms in total. The number of rotatable bonds is 7. The molecule has 1 aromatic heterocycles. The minimum Gasteiger partial charge on any atom is -0.456 e. The van der Waals surface area contributed by atoms with Crippen LogP contribution in [0.15, 0.2) is 21.7 Å².